The maximum Gasteiger partial charge on any atom is 0.253 e. The normalized spacial score (nSPS) is 19.8. The van der Waals surface area contributed by atoms with Crippen molar-refractivity contribution >= 4 is 17.5 Å². The maximum absolute atomic E-state index is 12.9. The van der Waals surface area contributed by atoms with Crippen molar-refractivity contribution in [3.05, 3.63) is 70.7 Å². The Morgan fingerprint density at radius 2 is 1.77 bits per heavy atom. The Morgan fingerprint density at radius 1 is 1.04 bits per heavy atom. The van der Waals surface area contributed by atoms with Crippen LogP contribution in [-0.2, 0) is 11.3 Å². The Labute approximate surface area is 159 Å². The summed E-state index contributed by atoms with van der Waals surface area (Å²) < 4.78 is 5.84. The number of halogens is 1. The highest BCUT2D eigenvalue weighted by Gasteiger charge is 2.46. The SMILES string of the molecule is O=C(c1ccc(Cl)cc1)N1CCOCC2(CN(Cc3ccccc3)C2)C1. The minimum atomic E-state index is 0.0490. The van der Waals surface area contributed by atoms with E-state index in [0.29, 0.717) is 23.7 Å². The lowest BCUT2D eigenvalue weighted by molar-refractivity contribution is -0.0605. The number of likely N-dealkylation sites (tertiary alicyclic amines) is 1. The maximum atomic E-state index is 12.9. The lowest BCUT2D eigenvalue weighted by Crippen LogP contribution is -2.62. The van der Waals surface area contributed by atoms with Crippen molar-refractivity contribution in [1.29, 1.82) is 0 Å². The molecule has 0 aliphatic carbocycles. The first-order valence-corrected chi connectivity index (χ1v) is 9.40. The Bertz CT molecular complexity index is 757. The molecule has 2 fully saturated rings. The summed E-state index contributed by atoms with van der Waals surface area (Å²) >= 11 is 5.94. The Morgan fingerprint density at radius 3 is 2.50 bits per heavy atom. The van der Waals surface area contributed by atoms with Crippen LogP contribution in [0.5, 0.6) is 0 Å². The van der Waals surface area contributed by atoms with Gasteiger partial charge in [0, 0.05) is 48.7 Å². The molecule has 5 heteroatoms. The number of carbonyl (C=O) groups is 1. The molecule has 2 heterocycles. The van der Waals surface area contributed by atoms with Crippen LogP contribution in [0.4, 0.5) is 0 Å². The summed E-state index contributed by atoms with van der Waals surface area (Å²) in [4.78, 5) is 17.2. The summed E-state index contributed by atoms with van der Waals surface area (Å²) in [6.07, 6.45) is 0. The van der Waals surface area contributed by atoms with Gasteiger partial charge in [-0.15, -0.1) is 0 Å². The Kier molecular flexibility index (Phi) is 4.98. The fourth-order valence-electron chi connectivity index (χ4n) is 3.99. The number of benzene rings is 2. The smallest absolute Gasteiger partial charge is 0.253 e. The fraction of sp³-hybridized carbons (Fsp3) is 0.381. The van der Waals surface area contributed by atoms with E-state index in [0.717, 1.165) is 32.8 Å². The van der Waals surface area contributed by atoms with Gasteiger partial charge in [-0.3, -0.25) is 9.69 Å². The van der Waals surface area contributed by atoms with E-state index in [-0.39, 0.29) is 11.3 Å². The van der Waals surface area contributed by atoms with E-state index in [4.69, 9.17) is 16.3 Å². The molecule has 0 unspecified atom stereocenters. The summed E-state index contributed by atoms with van der Waals surface area (Å²) in [5.74, 6) is 0.0630. The van der Waals surface area contributed by atoms with E-state index in [1.165, 1.54) is 5.56 Å². The van der Waals surface area contributed by atoms with Crippen LogP contribution in [0.25, 0.3) is 0 Å². The molecule has 136 valence electrons. The molecule has 0 N–H and O–H groups in total. The number of nitrogens with zero attached hydrogens (tertiary/aromatic N) is 2. The van der Waals surface area contributed by atoms with Gasteiger partial charge >= 0.3 is 0 Å². The van der Waals surface area contributed by atoms with Crippen molar-refractivity contribution in [2.24, 2.45) is 5.41 Å². The molecule has 1 spiro atoms. The van der Waals surface area contributed by atoms with Crippen LogP contribution in [0.2, 0.25) is 5.02 Å². The van der Waals surface area contributed by atoms with E-state index in [2.05, 4.69) is 29.2 Å². The zero-order chi connectivity index (χ0) is 18.0. The second-order valence-electron chi connectivity index (χ2n) is 7.42. The predicted molar refractivity (Wildman–Crippen MR) is 102 cm³/mol. The number of hydrogen-bond donors (Lipinski definition) is 0. The van der Waals surface area contributed by atoms with E-state index in [1.54, 1.807) is 24.3 Å². The topological polar surface area (TPSA) is 32.8 Å². The van der Waals surface area contributed by atoms with E-state index >= 15 is 0 Å². The zero-order valence-electron chi connectivity index (χ0n) is 14.7. The number of carbonyl (C=O) groups excluding carboxylic acids is 1. The highest BCUT2D eigenvalue weighted by molar-refractivity contribution is 6.30. The summed E-state index contributed by atoms with van der Waals surface area (Å²) in [6, 6.07) is 17.6. The molecule has 2 aliphatic heterocycles. The van der Waals surface area contributed by atoms with Gasteiger partial charge in [0.05, 0.1) is 13.2 Å². The van der Waals surface area contributed by atoms with Gasteiger partial charge in [0.1, 0.15) is 0 Å². The van der Waals surface area contributed by atoms with Gasteiger partial charge in [-0.05, 0) is 29.8 Å². The third-order valence-electron chi connectivity index (χ3n) is 5.19. The first-order valence-electron chi connectivity index (χ1n) is 9.03. The van der Waals surface area contributed by atoms with Gasteiger partial charge in [0.2, 0.25) is 0 Å². The summed E-state index contributed by atoms with van der Waals surface area (Å²) in [7, 11) is 0. The van der Waals surface area contributed by atoms with Gasteiger partial charge in [0.15, 0.2) is 0 Å². The van der Waals surface area contributed by atoms with Gasteiger partial charge in [0.25, 0.3) is 5.91 Å². The quantitative estimate of drug-likeness (QED) is 0.831. The van der Waals surface area contributed by atoms with Gasteiger partial charge in [-0.25, -0.2) is 0 Å². The third kappa shape index (κ3) is 3.78. The molecule has 0 saturated carbocycles. The molecule has 0 atom stereocenters. The Hall–Kier alpha value is -1.88. The van der Waals surface area contributed by atoms with Crippen molar-refractivity contribution in [3.8, 4) is 0 Å². The van der Waals surface area contributed by atoms with Gasteiger partial charge in [-0.1, -0.05) is 41.9 Å². The second kappa shape index (κ2) is 7.39. The highest BCUT2D eigenvalue weighted by atomic mass is 35.5. The van der Waals surface area contributed by atoms with E-state index < -0.39 is 0 Å². The average Bonchev–Trinajstić information content (AvgIpc) is 2.86. The fourth-order valence-corrected chi connectivity index (χ4v) is 4.11. The molecule has 2 saturated heterocycles. The molecule has 2 aliphatic rings. The van der Waals surface area contributed by atoms with Crippen LogP contribution >= 0.6 is 11.6 Å². The predicted octanol–water partition coefficient (Wildman–Crippen LogP) is 3.31. The molecule has 2 aromatic rings. The van der Waals surface area contributed by atoms with Crippen molar-refractivity contribution in [2.45, 2.75) is 6.54 Å². The number of hydrogen-bond acceptors (Lipinski definition) is 3. The molecule has 0 aromatic heterocycles. The zero-order valence-corrected chi connectivity index (χ0v) is 15.5. The molecule has 0 radical (unpaired) electrons. The standard InChI is InChI=1S/C21H23ClN2O2/c22-19-8-6-18(7-9-19)20(25)24-10-11-26-16-21(15-24)13-23(14-21)12-17-4-2-1-3-5-17/h1-9H,10-16H2. The first kappa shape index (κ1) is 17.5. The molecule has 1 amide bonds. The summed E-state index contributed by atoms with van der Waals surface area (Å²) in [5, 5.41) is 0.646. The van der Waals surface area contributed by atoms with E-state index in [9.17, 15) is 4.79 Å². The van der Waals surface area contributed by atoms with Crippen molar-refractivity contribution < 1.29 is 9.53 Å². The van der Waals surface area contributed by atoms with Crippen molar-refractivity contribution in [1.82, 2.24) is 9.80 Å². The molecular formula is C21H23ClN2O2. The molecule has 0 bridgehead atoms. The van der Waals surface area contributed by atoms with Crippen LogP contribution in [0.3, 0.4) is 0 Å². The monoisotopic (exact) mass is 370 g/mol. The van der Waals surface area contributed by atoms with Crippen molar-refractivity contribution in [2.75, 3.05) is 39.4 Å². The van der Waals surface area contributed by atoms with Crippen molar-refractivity contribution in [3.63, 3.8) is 0 Å². The Balaban J connectivity index is 1.40. The minimum Gasteiger partial charge on any atom is -0.379 e. The number of rotatable bonds is 3. The first-order chi connectivity index (χ1) is 12.6. The highest BCUT2D eigenvalue weighted by Crippen LogP contribution is 2.34. The summed E-state index contributed by atoms with van der Waals surface area (Å²) in [6.45, 7) is 5.59. The molecule has 4 nitrogen and oxygen atoms in total. The molecule has 2 aromatic carbocycles. The van der Waals surface area contributed by atoms with Crippen LogP contribution in [0, 0.1) is 5.41 Å². The van der Waals surface area contributed by atoms with Crippen LogP contribution < -0.4 is 0 Å². The van der Waals surface area contributed by atoms with Crippen LogP contribution in [-0.4, -0.2) is 55.1 Å². The molecule has 26 heavy (non-hydrogen) atoms. The second-order valence-corrected chi connectivity index (χ2v) is 7.85. The lowest BCUT2D eigenvalue weighted by Gasteiger charge is -2.50. The minimum absolute atomic E-state index is 0.0490. The number of ether oxygens (including phenoxy) is 1. The average molecular weight is 371 g/mol. The number of amides is 1. The largest absolute Gasteiger partial charge is 0.379 e. The molecular weight excluding hydrogens is 348 g/mol. The summed E-state index contributed by atoms with van der Waals surface area (Å²) in [5.41, 5.74) is 2.06. The van der Waals surface area contributed by atoms with Crippen LogP contribution in [0.1, 0.15) is 15.9 Å². The van der Waals surface area contributed by atoms with Gasteiger partial charge < -0.3 is 9.64 Å². The van der Waals surface area contributed by atoms with Crippen LogP contribution in [0.15, 0.2) is 54.6 Å². The molecule has 4 rings (SSSR count). The third-order valence-corrected chi connectivity index (χ3v) is 5.44. The lowest BCUT2D eigenvalue weighted by atomic mass is 9.79. The van der Waals surface area contributed by atoms with E-state index in [1.807, 2.05) is 11.0 Å². The van der Waals surface area contributed by atoms with Gasteiger partial charge in [-0.2, -0.15) is 0 Å².